The number of hydrogen-bond donors (Lipinski definition) is 1. The van der Waals surface area contributed by atoms with E-state index >= 15 is 0 Å². The molecule has 2 aromatic heterocycles. The topological polar surface area (TPSA) is 100 Å². The molecule has 4 aromatic rings. The molecule has 230 valence electrons. The van der Waals surface area contributed by atoms with Crippen molar-refractivity contribution >= 4 is 45.5 Å². The van der Waals surface area contributed by atoms with E-state index in [1.165, 1.54) is 22.5 Å². The van der Waals surface area contributed by atoms with Gasteiger partial charge in [-0.15, -0.1) is 11.3 Å². The first kappa shape index (κ1) is 29.8. The molecular weight excluding hydrogens is 576 g/mol. The van der Waals surface area contributed by atoms with Crippen molar-refractivity contribution in [2.45, 2.75) is 39.5 Å². The molecule has 0 aliphatic carbocycles. The molecule has 44 heavy (non-hydrogen) atoms. The SMILES string of the molecule is CC(C)[C@H]1COC(=O)N1c1nc(NCCc2ccc(CN3CCN(C(=O)OCc4ccccc4)CC3)cc2)nc2ccsc12. The second-order valence-electron chi connectivity index (χ2n) is 11.6. The summed E-state index contributed by atoms with van der Waals surface area (Å²) in [7, 11) is 0. The van der Waals surface area contributed by atoms with E-state index in [1.807, 2.05) is 41.8 Å². The van der Waals surface area contributed by atoms with Gasteiger partial charge >= 0.3 is 12.2 Å². The molecule has 0 unspecified atom stereocenters. The fourth-order valence-electron chi connectivity index (χ4n) is 5.55. The van der Waals surface area contributed by atoms with Crippen LogP contribution in [0.5, 0.6) is 0 Å². The van der Waals surface area contributed by atoms with E-state index in [0.29, 0.717) is 44.6 Å². The van der Waals surface area contributed by atoms with Crippen LogP contribution in [0.1, 0.15) is 30.5 Å². The third-order valence-corrected chi connectivity index (χ3v) is 9.05. The van der Waals surface area contributed by atoms with Crippen molar-refractivity contribution in [3.63, 3.8) is 0 Å². The van der Waals surface area contributed by atoms with Crippen molar-refractivity contribution in [3.05, 3.63) is 82.7 Å². The molecule has 4 heterocycles. The lowest BCUT2D eigenvalue weighted by Crippen LogP contribution is -2.48. The highest BCUT2D eigenvalue weighted by Gasteiger charge is 2.38. The van der Waals surface area contributed by atoms with E-state index in [-0.39, 0.29) is 24.1 Å². The molecule has 2 aliphatic heterocycles. The Balaban J connectivity index is 0.979. The first-order chi connectivity index (χ1) is 21.4. The van der Waals surface area contributed by atoms with Crippen LogP contribution in [0.4, 0.5) is 21.4 Å². The number of aromatic nitrogens is 2. The van der Waals surface area contributed by atoms with E-state index in [9.17, 15) is 9.59 Å². The van der Waals surface area contributed by atoms with Gasteiger partial charge in [0.05, 0.1) is 16.3 Å². The van der Waals surface area contributed by atoms with Crippen LogP contribution in [0.3, 0.4) is 0 Å². The number of rotatable bonds is 10. The summed E-state index contributed by atoms with van der Waals surface area (Å²) in [5.74, 6) is 1.36. The Hall–Kier alpha value is -4.22. The Morgan fingerprint density at radius 2 is 1.75 bits per heavy atom. The average molecular weight is 615 g/mol. The fourth-order valence-corrected chi connectivity index (χ4v) is 6.36. The van der Waals surface area contributed by atoms with Crippen LogP contribution in [0, 0.1) is 5.92 Å². The lowest BCUT2D eigenvalue weighted by Gasteiger charge is -2.34. The zero-order chi connectivity index (χ0) is 30.5. The number of cyclic esters (lactones) is 1. The third-order valence-electron chi connectivity index (χ3n) is 8.15. The summed E-state index contributed by atoms with van der Waals surface area (Å²) in [6, 6.07) is 20.3. The Kier molecular flexibility index (Phi) is 9.23. The van der Waals surface area contributed by atoms with Gasteiger partial charge < -0.3 is 19.7 Å². The smallest absolute Gasteiger partial charge is 0.415 e. The first-order valence-electron chi connectivity index (χ1n) is 15.2. The maximum Gasteiger partial charge on any atom is 0.415 e. The summed E-state index contributed by atoms with van der Waals surface area (Å²) in [6.45, 7) is 9.30. The van der Waals surface area contributed by atoms with Gasteiger partial charge in [-0.1, -0.05) is 68.4 Å². The number of fused-ring (bicyclic) bond motifs is 1. The van der Waals surface area contributed by atoms with Gasteiger partial charge in [-0.25, -0.2) is 14.6 Å². The summed E-state index contributed by atoms with van der Waals surface area (Å²) >= 11 is 1.53. The largest absolute Gasteiger partial charge is 0.447 e. The standard InChI is InChI=1S/C33H38N6O4S/c1-23(2)28-22-43-33(41)39(28)30-29-27(13-19-44-29)35-31(36-30)34-14-12-24-8-10-25(11-9-24)20-37-15-17-38(18-16-37)32(40)42-21-26-6-4-3-5-7-26/h3-11,13,19,23,28H,12,14-18,20-22H2,1-2H3,(H,34,35,36)/t28-/m1/s1. The summed E-state index contributed by atoms with van der Waals surface area (Å²) in [5.41, 5.74) is 4.27. The van der Waals surface area contributed by atoms with Crippen LogP contribution in [0.25, 0.3) is 10.2 Å². The average Bonchev–Trinajstić information content (AvgIpc) is 3.68. The Morgan fingerprint density at radius 3 is 2.50 bits per heavy atom. The number of anilines is 2. The highest BCUT2D eigenvalue weighted by Crippen LogP contribution is 2.35. The molecule has 2 aromatic carbocycles. The molecule has 2 aliphatic rings. The number of hydrogen-bond acceptors (Lipinski definition) is 9. The van der Waals surface area contributed by atoms with Crippen LogP contribution in [0.2, 0.25) is 0 Å². The number of thiophene rings is 1. The fraction of sp³-hybridized carbons (Fsp3) is 0.394. The summed E-state index contributed by atoms with van der Waals surface area (Å²) in [4.78, 5) is 40.4. The van der Waals surface area contributed by atoms with Crippen LogP contribution in [-0.4, -0.2) is 77.3 Å². The van der Waals surface area contributed by atoms with Crippen molar-refractivity contribution in [1.82, 2.24) is 19.8 Å². The number of nitrogens with one attached hydrogen (secondary N) is 1. The molecule has 6 rings (SSSR count). The monoisotopic (exact) mass is 614 g/mol. The Morgan fingerprint density at radius 1 is 1.00 bits per heavy atom. The molecule has 11 heteroatoms. The van der Waals surface area contributed by atoms with Gasteiger partial charge in [0, 0.05) is 39.3 Å². The zero-order valence-electron chi connectivity index (χ0n) is 25.1. The maximum atomic E-state index is 12.6. The van der Waals surface area contributed by atoms with Crippen molar-refractivity contribution in [1.29, 1.82) is 0 Å². The van der Waals surface area contributed by atoms with Crippen molar-refractivity contribution in [2.24, 2.45) is 5.92 Å². The van der Waals surface area contributed by atoms with E-state index in [1.54, 1.807) is 9.80 Å². The minimum absolute atomic E-state index is 0.0561. The van der Waals surface area contributed by atoms with Gasteiger partial charge in [0.15, 0.2) is 5.82 Å². The van der Waals surface area contributed by atoms with E-state index < -0.39 is 0 Å². The quantitative estimate of drug-likeness (QED) is 0.240. The molecule has 0 radical (unpaired) electrons. The van der Waals surface area contributed by atoms with Crippen LogP contribution in [0.15, 0.2) is 66.0 Å². The lowest BCUT2D eigenvalue weighted by atomic mass is 10.0. The lowest BCUT2D eigenvalue weighted by molar-refractivity contribution is 0.0700. The Labute approximate surface area is 261 Å². The molecule has 1 N–H and O–H groups in total. The second-order valence-corrected chi connectivity index (χ2v) is 12.5. The van der Waals surface area contributed by atoms with E-state index in [2.05, 4.69) is 53.3 Å². The number of carbonyl (C=O) groups excluding carboxylic acids is 2. The van der Waals surface area contributed by atoms with Gasteiger partial charge in [-0.2, -0.15) is 4.98 Å². The minimum Gasteiger partial charge on any atom is -0.447 e. The normalized spacial score (nSPS) is 17.3. The minimum atomic E-state index is -0.355. The highest BCUT2D eigenvalue weighted by molar-refractivity contribution is 7.17. The van der Waals surface area contributed by atoms with Gasteiger partial charge in [0.1, 0.15) is 13.2 Å². The third kappa shape index (κ3) is 6.95. The van der Waals surface area contributed by atoms with Crippen LogP contribution < -0.4 is 10.2 Å². The Bertz CT molecular complexity index is 1570. The number of piperazine rings is 1. The van der Waals surface area contributed by atoms with Gasteiger partial charge in [0.25, 0.3) is 0 Å². The zero-order valence-corrected chi connectivity index (χ0v) is 26.0. The first-order valence-corrected chi connectivity index (χ1v) is 16.0. The number of ether oxygens (including phenoxy) is 2. The van der Waals surface area contributed by atoms with Crippen molar-refractivity contribution in [3.8, 4) is 0 Å². The molecule has 0 spiro atoms. The van der Waals surface area contributed by atoms with Crippen LogP contribution >= 0.6 is 11.3 Å². The predicted octanol–water partition coefficient (Wildman–Crippen LogP) is 5.78. The molecule has 2 saturated heterocycles. The molecule has 0 bridgehead atoms. The second kappa shape index (κ2) is 13.6. The number of amides is 2. The maximum absolute atomic E-state index is 12.6. The molecule has 2 amide bonds. The van der Waals surface area contributed by atoms with Gasteiger partial charge in [-0.3, -0.25) is 9.80 Å². The molecule has 2 fully saturated rings. The summed E-state index contributed by atoms with van der Waals surface area (Å²) < 4.78 is 11.8. The molecule has 0 saturated carbocycles. The van der Waals surface area contributed by atoms with Gasteiger partial charge in [0.2, 0.25) is 5.95 Å². The van der Waals surface area contributed by atoms with Crippen molar-refractivity contribution in [2.75, 3.05) is 49.5 Å². The molecule has 1 atom stereocenters. The summed E-state index contributed by atoms with van der Waals surface area (Å²) in [5, 5.41) is 5.34. The predicted molar refractivity (Wildman–Crippen MR) is 172 cm³/mol. The van der Waals surface area contributed by atoms with Crippen molar-refractivity contribution < 1.29 is 19.1 Å². The van der Waals surface area contributed by atoms with Gasteiger partial charge in [-0.05, 0) is 40.5 Å². The molecular formula is C33H38N6O4S. The van der Waals surface area contributed by atoms with E-state index in [4.69, 9.17) is 14.5 Å². The number of nitrogens with zero attached hydrogens (tertiary/aromatic N) is 5. The number of benzene rings is 2. The molecule has 10 nitrogen and oxygen atoms in total. The highest BCUT2D eigenvalue weighted by atomic mass is 32.1. The van der Waals surface area contributed by atoms with E-state index in [0.717, 1.165) is 41.8 Å². The summed E-state index contributed by atoms with van der Waals surface area (Å²) in [6.07, 6.45) is 0.207. The van der Waals surface area contributed by atoms with Crippen LogP contribution in [-0.2, 0) is 29.0 Å². The number of carbonyl (C=O) groups is 2.